The number of rotatable bonds is 7. The van der Waals surface area contributed by atoms with E-state index in [1.165, 1.54) is 0 Å². The SMILES string of the molecule is CCC(CCCn1cc(Cl)c(C)n1)(NC)C(=O)O. The summed E-state index contributed by atoms with van der Waals surface area (Å²) < 4.78 is 1.76. The van der Waals surface area contributed by atoms with Crippen LogP contribution in [0, 0.1) is 6.92 Å². The Labute approximate surface area is 112 Å². The van der Waals surface area contributed by atoms with Gasteiger partial charge in [-0.3, -0.25) is 9.48 Å². The number of aliphatic carboxylic acids is 1. The maximum Gasteiger partial charge on any atom is 0.323 e. The quantitative estimate of drug-likeness (QED) is 0.798. The van der Waals surface area contributed by atoms with Crippen LogP contribution in [0.2, 0.25) is 5.02 Å². The van der Waals surface area contributed by atoms with Crippen molar-refractivity contribution in [3.63, 3.8) is 0 Å². The molecule has 0 fully saturated rings. The average molecular weight is 274 g/mol. The Hall–Kier alpha value is -1.07. The first kappa shape index (κ1) is 15.0. The van der Waals surface area contributed by atoms with Gasteiger partial charge >= 0.3 is 5.97 Å². The summed E-state index contributed by atoms with van der Waals surface area (Å²) in [5, 5.41) is 17.1. The third kappa shape index (κ3) is 3.23. The molecule has 5 nitrogen and oxygen atoms in total. The van der Waals surface area contributed by atoms with Crippen LogP contribution in [-0.4, -0.2) is 33.4 Å². The number of nitrogens with one attached hydrogen (secondary N) is 1. The van der Waals surface area contributed by atoms with Gasteiger partial charge in [0.25, 0.3) is 0 Å². The molecule has 6 heteroatoms. The number of halogens is 1. The van der Waals surface area contributed by atoms with Crippen molar-refractivity contribution in [3.8, 4) is 0 Å². The molecule has 102 valence electrons. The summed E-state index contributed by atoms with van der Waals surface area (Å²) in [4.78, 5) is 11.3. The van der Waals surface area contributed by atoms with Crippen LogP contribution in [-0.2, 0) is 11.3 Å². The van der Waals surface area contributed by atoms with E-state index < -0.39 is 11.5 Å². The van der Waals surface area contributed by atoms with Crippen LogP contribution in [0.3, 0.4) is 0 Å². The fourth-order valence-electron chi connectivity index (χ4n) is 1.99. The first-order valence-corrected chi connectivity index (χ1v) is 6.45. The van der Waals surface area contributed by atoms with Crippen LogP contribution in [0.25, 0.3) is 0 Å². The number of carbonyl (C=O) groups is 1. The number of carboxylic acid groups (broad SMARTS) is 1. The number of hydrogen-bond donors (Lipinski definition) is 2. The topological polar surface area (TPSA) is 67.2 Å². The monoisotopic (exact) mass is 273 g/mol. The van der Waals surface area contributed by atoms with Crippen molar-refractivity contribution in [1.82, 2.24) is 15.1 Å². The molecule has 1 unspecified atom stereocenters. The molecule has 0 amide bonds. The van der Waals surface area contributed by atoms with Gasteiger partial charge in [0.15, 0.2) is 0 Å². The van der Waals surface area contributed by atoms with Gasteiger partial charge in [-0.1, -0.05) is 18.5 Å². The van der Waals surface area contributed by atoms with Gasteiger partial charge in [-0.2, -0.15) is 5.10 Å². The summed E-state index contributed by atoms with van der Waals surface area (Å²) in [6, 6.07) is 0. The Bertz CT molecular complexity index is 394. The van der Waals surface area contributed by atoms with Crippen molar-refractivity contribution < 1.29 is 9.90 Å². The summed E-state index contributed by atoms with van der Waals surface area (Å²) in [6.07, 6.45) is 3.62. The van der Waals surface area contributed by atoms with E-state index in [0.29, 0.717) is 24.4 Å². The Morgan fingerprint density at radius 1 is 1.67 bits per heavy atom. The standard InChI is InChI=1S/C12H20ClN3O2/c1-4-12(14-3,11(17)18)6-5-7-16-8-10(13)9(2)15-16/h8,14H,4-7H2,1-3H3,(H,17,18). The molecule has 1 aromatic rings. The molecule has 18 heavy (non-hydrogen) atoms. The van der Waals surface area contributed by atoms with Gasteiger partial charge in [-0.25, -0.2) is 0 Å². The molecule has 1 aromatic heterocycles. The van der Waals surface area contributed by atoms with Crippen molar-refractivity contribution in [2.45, 2.75) is 45.2 Å². The molecule has 0 radical (unpaired) electrons. The Kier molecular flexibility index (Phi) is 5.16. The van der Waals surface area contributed by atoms with E-state index in [2.05, 4.69) is 10.4 Å². The largest absolute Gasteiger partial charge is 0.480 e. The van der Waals surface area contributed by atoms with Gasteiger partial charge < -0.3 is 10.4 Å². The second-order valence-electron chi connectivity index (χ2n) is 4.42. The third-order valence-corrected chi connectivity index (χ3v) is 3.74. The van der Waals surface area contributed by atoms with Gasteiger partial charge in [0.1, 0.15) is 5.54 Å². The Balaban J connectivity index is 2.56. The molecule has 1 heterocycles. The first-order valence-electron chi connectivity index (χ1n) is 6.07. The average Bonchev–Trinajstić information content (AvgIpc) is 2.64. The Morgan fingerprint density at radius 3 is 2.72 bits per heavy atom. The highest BCUT2D eigenvalue weighted by Gasteiger charge is 2.34. The lowest BCUT2D eigenvalue weighted by molar-refractivity contribution is -0.145. The Morgan fingerprint density at radius 2 is 2.33 bits per heavy atom. The molecule has 0 bridgehead atoms. The summed E-state index contributed by atoms with van der Waals surface area (Å²) in [7, 11) is 1.69. The first-order chi connectivity index (χ1) is 8.45. The number of carboxylic acids is 1. The zero-order valence-corrected chi connectivity index (χ0v) is 11.8. The van der Waals surface area contributed by atoms with Crippen molar-refractivity contribution >= 4 is 17.6 Å². The highest BCUT2D eigenvalue weighted by atomic mass is 35.5. The van der Waals surface area contributed by atoms with Crippen molar-refractivity contribution in [2.24, 2.45) is 0 Å². The van der Waals surface area contributed by atoms with Crippen molar-refractivity contribution in [3.05, 3.63) is 16.9 Å². The number of hydrogen-bond acceptors (Lipinski definition) is 3. The highest BCUT2D eigenvalue weighted by molar-refractivity contribution is 6.31. The van der Waals surface area contributed by atoms with E-state index in [1.807, 2.05) is 13.8 Å². The van der Waals surface area contributed by atoms with E-state index in [0.717, 1.165) is 12.1 Å². The minimum absolute atomic E-state index is 0.553. The van der Waals surface area contributed by atoms with Crippen molar-refractivity contribution in [2.75, 3.05) is 7.05 Å². The second kappa shape index (κ2) is 6.20. The van der Waals surface area contributed by atoms with Crippen LogP contribution >= 0.6 is 11.6 Å². The molecular formula is C12H20ClN3O2. The molecule has 0 saturated heterocycles. The maximum atomic E-state index is 11.3. The predicted molar refractivity (Wildman–Crippen MR) is 70.9 cm³/mol. The van der Waals surface area contributed by atoms with Crippen LogP contribution in [0.1, 0.15) is 31.9 Å². The number of aromatic nitrogens is 2. The number of nitrogens with zero attached hydrogens (tertiary/aromatic N) is 2. The highest BCUT2D eigenvalue weighted by Crippen LogP contribution is 2.19. The molecule has 2 N–H and O–H groups in total. The lowest BCUT2D eigenvalue weighted by Crippen LogP contribution is -2.49. The summed E-state index contributed by atoms with van der Waals surface area (Å²) in [5.41, 5.74) is -0.0447. The molecule has 0 aromatic carbocycles. The molecule has 0 spiro atoms. The molecule has 1 atom stereocenters. The van der Waals surface area contributed by atoms with Gasteiger partial charge in [-0.15, -0.1) is 0 Å². The lowest BCUT2D eigenvalue weighted by atomic mass is 9.90. The molecular weight excluding hydrogens is 254 g/mol. The maximum absolute atomic E-state index is 11.3. The van der Waals surface area contributed by atoms with Gasteiger partial charge in [0, 0.05) is 12.7 Å². The van der Waals surface area contributed by atoms with Gasteiger partial charge in [0.2, 0.25) is 0 Å². The van der Waals surface area contributed by atoms with E-state index in [9.17, 15) is 9.90 Å². The molecule has 0 aliphatic rings. The van der Waals surface area contributed by atoms with Crippen LogP contribution in [0.4, 0.5) is 0 Å². The van der Waals surface area contributed by atoms with E-state index in [-0.39, 0.29) is 0 Å². The lowest BCUT2D eigenvalue weighted by Gasteiger charge is -2.27. The summed E-state index contributed by atoms with van der Waals surface area (Å²) in [6.45, 7) is 4.39. The number of likely N-dealkylation sites (N-methyl/N-ethyl adjacent to an activating group) is 1. The van der Waals surface area contributed by atoms with E-state index >= 15 is 0 Å². The van der Waals surface area contributed by atoms with Crippen LogP contribution in [0.5, 0.6) is 0 Å². The minimum atomic E-state index is -0.841. The third-order valence-electron chi connectivity index (χ3n) is 3.37. The smallest absolute Gasteiger partial charge is 0.323 e. The van der Waals surface area contributed by atoms with Crippen molar-refractivity contribution in [1.29, 1.82) is 0 Å². The van der Waals surface area contributed by atoms with Crippen LogP contribution in [0.15, 0.2) is 6.20 Å². The molecule has 1 rings (SSSR count). The second-order valence-corrected chi connectivity index (χ2v) is 4.83. The molecule has 0 aliphatic heterocycles. The molecule has 0 aliphatic carbocycles. The van der Waals surface area contributed by atoms with Gasteiger partial charge in [-0.05, 0) is 33.2 Å². The summed E-state index contributed by atoms with van der Waals surface area (Å²) in [5.74, 6) is -0.804. The molecule has 0 saturated carbocycles. The number of aryl methyl sites for hydroxylation is 2. The fourth-order valence-corrected chi connectivity index (χ4v) is 2.15. The normalized spacial score (nSPS) is 14.4. The van der Waals surface area contributed by atoms with Crippen LogP contribution < -0.4 is 5.32 Å². The van der Waals surface area contributed by atoms with E-state index in [4.69, 9.17) is 11.6 Å². The fraction of sp³-hybridized carbons (Fsp3) is 0.667. The predicted octanol–water partition coefficient (Wildman–Crippen LogP) is 2.08. The van der Waals surface area contributed by atoms with Gasteiger partial charge in [0.05, 0.1) is 10.7 Å². The zero-order valence-electron chi connectivity index (χ0n) is 11.0. The minimum Gasteiger partial charge on any atom is -0.480 e. The zero-order chi connectivity index (χ0) is 13.8. The van der Waals surface area contributed by atoms with E-state index in [1.54, 1.807) is 17.9 Å². The summed E-state index contributed by atoms with van der Waals surface area (Å²) >= 11 is 5.91.